The van der Waals surface area contributed by atoms with Crippen LogP contribution in [0.2, 0.25) is 10.0 Å². The van der Waals surface area contributed by atoms with Gasteiger partial charge in [-0.3, -0.25) is 0 Å². The molecule has 0 spiro atoms. The Bertz CT molecular complexity index is 1170. The summed E-state index contributed by atoms with van der Waals surface area (Å²) in [4.78, 5) is 11.6. The molecule has 0 aliphatic rings. The van der Waals surface area contributed by atoms with E-state index in [0.29, 0.717) is 0 Å². The minimum Gasteiger partial charge on any atom is -0.504 e. The van der Waals surface area contributed by atoms with Crippen molar-refractivity contribution in [2.45, 2.75) is 16.4 Å². The van der Waals surface area contributed by atoms with Crippen LogP contribution in [-0.4, -0.2) is 26.6 Å². The summed E-state index contributed by atoms with van der Waals surface area (Å²) in [6, 6.07) is 15.0. The van der Waals surface area contributed by atoms with Crippen LogP contribution in [0.15, 0.2) is 70.5 Å². The Morgan fingerprint density at radius 2 is 1.63 bits per heavy atom. The first kappa shape index (κ1) is 22.0. The lowest BCUT2D eigenvalue weighted by Gasteiger charge is -2.14. The van der Waals surface area contributed by atoms with Gasteiger partial charge in [0.25, 0.3) is 0 Å². The van der Waals surface area contributed by atoms with Crippen molar-refractivity contribution in [2.24, 2.45) is 0 Å². The molecular weight excluding hydrogens is 451 g/mol. The highest BCUT2D eigenvalue weighted by Gasteiger charge is 2.28. The summed E-state index contributed by atoms with van der Waals surface area (Å²) in [6.07, 6.45) is 0. The largest absolute Gasteiger partial charge is 0.504 e. The summed E-state index contributed by atoms with van der Waals surface area (Å²) in [7, 11) is -3.15. The van der Waals surface area contributed by atoms with Gasteiger partial charge in [-0.15, -0.1) is 0 Å². The lowest BCUT2D eigenvalue weighted by atomic mass is 10.2. The van der Waals surface area contributed by atoms with E-state index in [9.17, 15) is 18.3 Å². The third-order valence-electron chi connectivity index (χ3n) is 4.14. The summed E-state index contributed by atoms with van der Waals surface area (Å²) in [6.45, 7) is 0.0778. The molecule has 6 nitrogen and oxygen atoms in total. The highest BCUT2D eigenvalue weighted by atomic mass is 35.5. The molecule has 0 atom stereocenters. The smallest absolute Gasteiger partial charge is 0.339 e. The molecule has 9 heteroatoms. The average Bonchev–Trinajstić information content (AvgIpc) is 2.72. The van der Waals surface area contributed by atoms with E-state index in [-0.39, 0.29) is 32.9 Å². The van der Waals surface area contributed by atoms with Crippen molar-refractivity contribution >= 4 is 39.0 Å². The number of phenolic OH excluding ortho intramolecular Hbond substituents is 1. The number of hydrogen-bond acceptors (Lipinski definition) is 6. The first-order valence-electron chi connectivity index (χ1n) is 8.55. The molecule has 156 valence electrons. The third kappa shape index (κ3) is 4.70. The number of aromatic hydroxyl groups is 1. The van der Waals surface area contributed by atoms with Crippen molar-refractivity contribution in [2.75, 3.05) is 7.11 Å². The van der Waals surface area contributed by atoms with Crippen molar-refractivity contribution in [3.05, 3.63) is 81.8 Å². The summed E-state index contributed by atoms with van der Waals surface area (Å²) in [5.74, 6) is -1.46. The Kier molecular flexibility index (Phi) is 6.55. The van der Waals surface area contributed by atoms with Gasteiger partial charge in [0, 0.05) is 16.1 Å². The van der Waals surface area contributed by atoms with E-state index in [1.165, 1.54) is 18.2 Å². The molecule has 0 bridgehead atoms. The Morgan fingerprint density at radius 3 is 2.23 bits per heavy atom. The molecule has 0 aromatic heterocycles. The predicted molar refractivity (Wildman–Crippen MR) is 112 cm³/mol. The number of carbonyl (C=O) groups excluding carboxylic acids is 1. The SMILES string of the molecule is COC(=O)c1cc(O)c(OCc2ccccc2)cc1S(=O)(=O)c1cc(Cl)cc(Cl)c1. The van der Waals surface area contributed by atoms with Crippen LogP contribution in [0.25, 0.3) is 0 Å². The molecule has 0 saturated carbocycles. The quantitative estimate of drug-likeness (QED) is 0.519. The Balaban J connectivity index is 2.11. The zero-order chi connectivity index (χ0) is 21.9. The van der Waals surface area contributed by atoms with Crippen molar-refractivity contribution < 1.29 is 27.8 Å². The number of phenols is 1. The zero-order valence-electron chi connectivity index (χ0n) is 15.6. The highest BCUT2D eigenvalue weighted by Crippen LogP contribution is 2.36. The van der Waals surface area contributed by atoms with Gasteiger partial charge in [0.15, 0.2) is 11.5 Å². The number of methoxy groups -OCH3 is 1. The summed E-state index contributed by atoms with van der Waals surface area (Å²) in [5.41, 5.74) is 0.457. The van der Waals surface area contributed by atoms with Crippen LogP contribution in [0.4, 0.5) is 0 Å². The predicted octanol–water partition coefficient (Wildman–Crippen LogP) is 4.90. The molecule has 0 fully saturated rings. The fourth-order valence-electron chi connectivity index (χ4n) is 2.70. The normalized spacial score (nSPS) is 11.2. The number of carbonyl (C=O) groups is 1. The molecule has 0 amide bonds. The Labute approximate surface area is 183 Å². The maximum atomic E-state index is 13.3. The summed E-state index contributed by atoms with van der Waals surface area (Å²) >= 11 is 11.9. The highest BCUT2D eigenvalue weighted by molar-refractivity contribution is 7.91. The molecule has 3 aromatic rings. The van der Waals surface area contributed by atoms with Gasteiger partial charge in [0.1, 0.15) is 6.61 Å². The number of benzene rings is 3. The molecule has 0 radical (unpaired) electrons. The third-order valence-corrected chi connectivity index (χ3v) is 6.35. The van der Waals surface area contributed by atoms with Gasteiger partial charge in [-0.05, 0) is 29.8 Å². The number of halogens is 2. The van der Waals surface area contributed by atoms with Crippen LogP contribution >= 0.6 is 23.2 Å². The van der Waals surface area contributed by atoms with Crippen molar-refractivity contribution in [3.8, 4) is 11.5 Å². The van der Waals surface area contributed by atoms with Gasteiger partial charge < -0.3 is 14.6 Å². The zero-order valence-corrected chi connectivity index (χ0v) is 18.0. The number of sulfone groups is 1. The molecule has 0 unspecified atom stereocenters. The van der Waals surface area contributed by atoms with Crippen molar-refractivity contribution in [1.82, 2.24) is 0 Å². The molecule has 0 saturated heterocycles. The second kappa shape index (κ2) is 8.95. The molecule has 1 N–H and O–H groups in total. The van der Waals surface area contributed by atoms with E-state index in [0.717, 1.165) is 24.8 Å². The molecule has 0 aliphatic carbocycles. The fourth-order valence-corrected chi connectivity index (χ4v) is 4.87. The van der Waals surface area contributed by atoms with Crippen molar-refractivity contribution in [1.29, 1.82) is 0 Å². The van der Waals surface area contributed by atoms with Crippen LogP contribution < -0.4 is 4.74 Å². The maximum absolute atomic E-state index is 13.3. The van der Waals surface area contributed by atoms with E-state index >= 15 is 0 Å². The maximum Gasteiger partial charge on any atom is 0.339 e. The van der Waals surface area contributed by atoms with E-state index in [1.54, 1.807) is 0 Å². The number of rotatable bonds is 6. The van der Waals surface area contributed by atoms with Crippen LogP contribution in [0.3, 0.4) is 0 Å². The van der Waals surface area contributed by atoms with E-state index in [4.69, 9.17) is 27.9 Å². The first-order valence-corrected chi connectivity index (χ1v) is 10.8. The molecular formula is C21H16Cl2O6S. The fraction of sp³-hybridized carbons (Fsp3) is 0.0952. The first-order chi connectivity index (χ1) is 14.2. The second-order valence-electron chi connectivity index (χ2n) is 6.19. The monoisotopic (exact) mass is 466 g/mol. The van der Waals surface area contributed by atoms with Gasteiger partial charge in [0.2, 0.25) is 9.84 Å². The van der Waals surface area contributed by atoms with Crippen LogP contribution in [0.1, 0.15) is 15.9 Å². The molecule has 30 heavy (non-hydrogen) atoms. The van der Waals surface area contributed by atoms with Gasteiger partial charge in [-0.2, -0.15) is 0 Å². The van der Waals surface area contributed by atoms with Crippen molar-refractivity contribution in [3.63, 3.8) is 0 Å². The van der Waals surface area contributed by atoms with Gasteiger partial charge in [-0.1, -0.05) is 53.5 Å². The van der Waals surface area contributed by atoms with Gasteiger partial charge in [0.05, 0.1) is 22.5 Å². The summed E-state index contributed by atoms with van der Waals surface area (Å²) in [5, 5.41) is 10.5. The van der Waals surface area contributed by atoms with Gasteiger partial charge in [-0.25, -0.2) is 13.2 Å². The lowest BCUT2D eigenvalue weighted by Crippen LogP contribution is -2.12. The Morgan fingerprint density at radius 1 is 1.00 bits per heavy atom. The minimum atomic E-state index is -4.25. The topological polar surface area (TPSA) is 89.9 Å². The second-order valence-corrected chi connectivity index (χ2v) is 8.98. The van der Waals surface area contributed by atoms with E-state index < -0.39 is 26.5 Å². The Hall–Kier alpha value is -2.74. The number of ether oxygens (including phenoxy) is 2. The van der Waals surface area contributed by atoms with Crippen LogP contribution in [0.5, 0.6) is 11.5 Å². The van der Waals surface area contributed by atoms with E-state index in [2.05, 4.69) is 4.74 Å². The molecule has 3 aromatic carbocycles. The molecule has 3 rings (SSSR count). The standard InChI is InChI=1S/C21H16Cl2O6S/c1-28-21(25)17-10-18(24)19(29-12-13-5-3-2-4-6-13)11-20(17)30(26,27)16-8-14(22)7-15(23)9-16/h2-11,24H,12H2,1H3. The van der Waals surface area contributed by atoms with Crippen LogP contribution in [-0.2, 0) is 21.2 Å². The number of esters is 1. The van der Waals surface area contributed by atoms with E-state index in [1.807, 2.05) is 30.3 Å². The lowest BCUT2D eigenvalue weighted by molar-refractivity contribution is 0.0595. The molecule has 0 heterocycles. The van der Waals surface area contributed by atoms with Gasteiger partial charge >= 0.3 is 5.97 Å². The minimum absolute atomic E-state index is 0.0778. The molecule has 0 aliphatic heterocycles. The van der Waals surface area contributed by atoms with Crippen LogP contribution in [0, 0.1) is 0 Å². The summed E-state index contributed by atoms with van der Waals surface area (Å²) < 4.78 is 36.8. The average molecular weight is 467 g/mol. The number of hydrogen-bond donors (Lipinski definition) is 1.